The highest BCUT2D eigenvalue weighted by molar-refractivity contribution is 5.98. The number of carbonyl (C=O) groups excluding carboxylic acids is 1. The number of benzene rings is 1. The first-order chi connectivity index (χ1) is 9.99. The van der Waals surface area contributed by atoms with Gasteiger partial charge in [-0.25, -0.2) is 4.99 Å². The molecule has 1 aromatic carbocycles. The average Bonchev–Trinajstić information content (AvgIpc) is 2.93. The minimum absolute atomic E-state index is 0.0301. The predicted molar refractivity (Wildman–Crippen MR) is 83.4 cm³/mol. The van der Waals surface area contributed by atoms with Gasteiger partial charge in [-0.05, 0) is 37.5 Å². The van der Waals surface area contributed by atoms with Crippen LogP contribution >= 0.6 is 0 Å². The van der Waals surface area contributed by atoms with Crippen LogP contribution in [-0.4, -0.2) is 35.8 Å². The first kappa shape index (κ1) is 14.8. The van der Waals surface area contributed by atoms with Gasteiger partial charge < -0.3 is 22.1 Å². The van der Waals surface area contributed by atoms with Crippen LogP contribution in [-0.2, 0) is 0 Å². The summed E-state index contributed by atoms with van der Waals surface area (Å²) in [5, 5.41) is 0. The molecule has 112 valence electrons. The third-order valence-electron chi connectivity index (χ3n) is 3.41. The molecular weight excluding hydrogens is 268 g/mol. The summed E-state index contributed by atoms with van der Waals surface area (Å²) in [5.74, 6) is -0.162. The third kappa shape index (κ3) is 3.50. The Balaban J connectivity index is 2.32. The minimum atomic E-state index is -0.154. The number of likely N-dealkylation sites (tertiary alicyclic amines) is 1. The molecule has 7 heteroatoms. The number of hydrogen-bond acceptors (Lipinski definition) is 2. The molecule has 0 aromatic heterocycles. The van der Waals surface area contributed by atoms with Crippen molar-refractivity contribution in [2.24, 2.45) is 27.2 Å². The first-order valence-electron chi connectivity index (χ1n) is 6.81. The van der Waals surface area contributed by atoms with Crippen molar-refractivity contribution < 1.29 is 4.79 Å². The molecule has 1 aliphatic heterocycles. The fraction of sp³-hybridized carbons (Fsp3) is 0.357. The lowest BCUT2D eigenvalue weighted by molar-refractivity contribution is 0.0792. The van der Waals surface area contributed by atoms with Gasteiger partial charge in [-0.15, -0.1) is 0 Å². The number of guanidine groups is 2. The van der Waals surface area contributed by atoms with Crippen LogP contribution in [0.1, 0.15) is 28.8 Å². The summed E-state index contributed by atoms with van der Waals surface area (Å²) in [6.07, 6.45) is 2.11. The van der Waals surface area contributed by atoms with E-state index in [1.54, 1.807) is 18.2 Å². The second-order valence-electron chi connectivity index (χ2n) is 4.96. The highest BCUT2D eigenvalue weighted by atomic mass is 16.2. The lowest BCUT2D eigenvalue weighted by Crippen LogP contribution is -2.28. The van der Waals surface area contributed by atoms with Crippen molar-refractivity contribution in [3.05, 3.63) is 29.3 Å². The topological polar surface area (TPSA) is 123 Å². The quantitative estimate of drug-likeness (QED) is 0.540. The minimum Gasteiger partial charge on any atom is -0.370 e. The monoisotopic (exact) mass is 288 g/mol. The summed E-state index contributed by atoms with van der Waals surface area (Å²) in [4.78, 5) is 22.1. The molecular formula is C14H20N6O. The van der Waals surface area contributed by atoms with E-state index in [0.717, 1.165) is 31.5 Å². The third-order valence-corrected chi connectivity index (χ3v) is 3.41. The maximum Gasteiger partial charge on any atom is 0.254 e. The Labute approximate surface area is 123 Å². The summed E-state index contributed by atoms with van der Waals surface area (Å²) >= 11 is 0. The summed E-state index contributed by atoms with van der Waals surface area (Å²) < 4.78 is 0. The van der Waals surface area contributed by atoms with Crippen LogP contribution in [0.5, 0.6) is 0 Å². The summed E-state index contributed by atoms with van der Waals surface area (Å²) in [6, 6.07) is 5.34. The van der Waals surface area contributed by atoms with Crippen LogP contribution in [0, 0.1) is 6.92 Å². The number of amides is 1. The zero-order valence-electron chi connectivity index (χ0n) is 12.0. The Hall–Kier alpha value is -2.57. The van der Waals surface area contributed by atoms with E-state index in [0.29, 0.717) is 11.3 Å². The Kier molecular flexibility index (Phi) is 4.42. The van der Waals surface area contributed by atoms with Crippen molar-refractivity contribution in [3.8, 4) is 0 Å². The molecule has 0 atom stereocenters. The lowest BCUT2D eigenvalue weighted by atomic mass is 10.1. The molecule has 21 heavy (non-hydrogen) atoms. The molecule has 7 nitrogen and oxygen atoms in total. The van der Waals surface area contributed by atoms with Crippen molar-refractivity contribution in [3.63, 3.8) is 0 Å². The standard InChI is InChI=1S/C14H20N6O/c1-9-10(12(21)20-7-2-3-8-20)5-4-6-11(9)18-14(17)19-13(15)16/h4-6H,2-3,7-8H2,1H3,(H6,15,16,17,18,19). The van der Waals surface area contributed by atoms with Crippen LogP contribution in [0.25, 0.3) is 0 Å². The number of hydrogen-bond donors (Lipinski definition) is 3. The Bertz CT molecular complexity index is 597. The molecule has 1 aliphatic rings. The van der Waals surface area contributed by atoms with Crippen molar-refractivity contribution in [2.45, 2.75) is 19.8 Å². The largest absolute Gasteiger partial charge is 0.370 e. The van der Waals surface area contributed by atoms with E-state index >= 15 is 0 Å². The van der Waals surface area contributed by atoms with E-state index in [1.807, 2.05) is 11.8 Å². The second-order valence-corrected chi connectivity index (χ2v) is 4.96. The maximum atomic E-state index is 12.5. The predicted octanol–water partition coefficient (Wildman–Crippen LogP) is 0.451. The molecule has 0 spiro atoms. The van der Waals surface area contributed by atoms with E-state index in [4.69, 9.17) is 17.2 Å². The van der Waals surface area contributed by atoms with Gasteiger partial charge in [0.15, 0.2) is 5.96 Å². The normalized spacial score (nSPS) is 15.1. The van der Waals surface area contributed by atoms with Gasteiger partial charge in [0.2, 0.25) is 5.96 Å². The molecule has 0 bridgehead atoms. The fourth-order valence-electron chi connectivity index (χ4n) is 2.35. The van der Waals surface area contributed by atoms with Crippen molar-refractivity contribution in [1.29, 1.82) is 0 Å². The fourth-order valence-corrected chi connectivity index (χ4v) is 2.35. The molecule has 6 N–H and O–H groups in total. The molecule has 1 saturated heterocycles. The van der Waals surface area contributed by atoms with Crippen molar-refractivity contribution in [1.82, 2.24) is 4.90 Å². The van der Waals surface area contributed by atoms with E-state index in [-0.39, 0.29) is 17.8 Å². The summed E-state index contributed by atoms with van der Waals surface area (Å²) in [5.41, 5.74) is 18.1. The average molecular weight is 288 g/mol. The molecule has 2 rings (SSSR count). The number of aliphatic imine (C=N–C) groups is 2. The van der Waals surface area contributed by atoms with Gasteiger partial charge in [0.05, 0.1) is 5.69 Å². The molecule has 1 heterocycles. The number of carbonyl (C=O) groups is 1. The number of nitrogens with two attached hydrogens (primary N) is 3. The Morgan fingerprint density at radius 2 is 1.86 bits per heavy atom. The van der Waals surface area contributed by atoms with Gasteiger partial charge in [-0.2, -0.15) is 4.99 Å². The highest BCUT2D eigenvalue weighted by Crippen LogP contribution is 2.24. The van der Waals surface area contributed by atoms with Crippen LogP contribution in [0.4, 0.5) is 5.69 Å². The zero-order valence-corrected chi connectivity index (χ0v) is 12.0. The Morgan fingerprint density at radius 3 is 2.48 bits per heavy atom. The van der Waals surface area contributed by atoms with Gasteiger partial charge in [-0.3, -0.25) is 4.79 Å². The smallest absolute Gasteiger partial charge is 0.254 e. The van der Waals surface area contributed by atoms with Crippen molar-refractivity contribution >= 4 is 23.5 Å². The first-order valence-corrected chi connectivity index (χ1v) is 6.81. The molecule has 0 radical (unpaired) electrons. The molecule has 0 aliphatic carbocycles. The van der Waals surface area contributed by atoms with Crippen LogP contribution in [0.3, 0.4) is 0 Å². The van der Waals surface area contributed by atoms with Gasteiger partial charge in [-0.1, -0.05) is 6.07 Å². The van der Waals surface area contributed by atoms with Crippen molar-refractivity contribution in [2.75, 3.05) is 13.1 Å². The summed E-state index contributed by atoms with van der Waals surface area (Å²) in [6.45, 7) is 3.45. The SMILES string of the molecule is Cc1c(N=C(N)N=C(N)N)cccc1C(=O)N1CCCC1. The van der Waals surface area contributed by atoms with Crippen LogP contribution in [0.2, 0.25) is 0 Å². The Morgan fingerprint density at radius 1 is 1.19 bits per heavy atom. The van der Waals surface area contributed by atoms with Gasteiger partial charge >= 0.3 is 0 Å². The lowest BCUT2D eigenvalue weighted by Gasteiger charge is -2.17. The molecule has 0 saturated carbocycles. The van der Waals surface area contributed by atoms with Gasteiger partial charge in [0.25, 0.3) is 5.91 Å². The van der Waals surface area contributed by atoms with Gasteiger partial charge in [0, 0.05) is 18.7 Å². The molecule has 1 fully saturated rings. The maximum absolute atomic E-state index is 12.5. The molecule has 1 amide bonds. The van der Waals surface area contributed by atoms with E-state index in [2.05, 4.69) is 9.98 Å². The van der Waals surface area contributed by atoms with E-state index in [1.165, 1.54) is 0 Å². The zero-order chi connectivity index (χ0) is 15.4. The highest BCUT2D eigenvalue weighted by Gasteiger charge is 2.21. The second kappa shape index (κ2) is 6.25. The summed E-state index contributed by atoms with van der Waals surface area (Å²) in [7, 11) is 0. The van der Waals surface area contributed by atoms with E-state index in [9.17, 15) is 4.79 Å². The van der Waals surface area contributed by atoms with Crippen LogP contribution in [0.15, 0.2) is 28.2 Å². The van der Waals surface area contributed by atoms with Gasteiger partial charge in [0.1, 0.15) is 0 Å². The number of rotatable bonds is 2. The number of nitrogens with zero attached hydrogens (tertiary/aromatic N) is 3. The molecule has 1 aromatic rings. The van der Waals surface area contributed by atoms with E-state index < -0.39 is 0 Å². The van der Waals surface area contributed by atoms with Crippen LogP contribution < -0.4 is 17.2 Å². The molecule has 0 unspecified atom stereocenters.